The zero-order valence-corrected chi connectivity index (χ0v) is 13.1. The number of carbonyl (C=O) groups excluding carboxylic acids is 1. The van der Waals surface area contributed by atoms with E-state index in [4.69, 9.17) is 4.74 Å². The summed E-state index contributed by atoms with van der Waals surface area (Å²) in [5, 5.41) is 12.2. The molecule has 23 heavy (non-hydrogen) atoms. The molecule has 1 aromatic carbocycles. The molecular weight excluding hydrogens is 294 g/mol. The van der Waals surface area contributed by atoms with E-state index in [0.29, 0.717) is 35.0 Å². The van der Waals surface area contributed by atoms with E-state index < -0.39 is 12.0 Å². The summed E-state index contributed by atoms with van der Waals surface area (Å²) in [5.41, 5.74) is 0.570. The topological polar surface area (TPSA) is 75.6 Å². The molecule has 0 radical (unpaired) electrons. The van der Waals surface area contributed by atoms with Gasteiger partial charge < -0.3 is 15.2 Å². The summed E-state index contributed by atoms with van der Waals surface area (Å²) < 4.78 is 5.08. The van der Waals surface area contributed by atoms with Crippen molar-refractivity contribution < 1.29 is 19.4 Å². The van der Waals surface area contributed by atoms with Gasteiger partial charge in [0.05, 0.1) is 7.11 Å². The van der Waals surface area contributed by atoms with Crippen molar-refractivity contribution in [2.24, 2.45) is 29.6 Å². The monoisotopic (exact) mass is 315 g/mol. The van der Waals surface area contributed by atoms with Crippen molar-refractivity contribution in [3.63, 3.8) is 0 Å². The van der Waals surface area contributed by atoms with Crippen LogP contribution in [0.4, 0.5) is 0 Å². The zero-order valence-electron chi connectivity index (χ0n) is 13.1. The molecule has 4 rings (SSSR count). The minimum atomic E-state index is -1.03. The predicted octanol–water partition coefficient (Wildman–Crippen LogP) is 2.23. The number of ether oxygens (including phenoxy) is 1. The molecule has 0 saturated heterocycles. The van der Waals surface area contributed by atoms with Gasteiger partial charge in [-0.3, -0.25) is 4.79 Å². The van der Waals surface area contributed by atoms with Crippen LogP contribution in [0.15, 0.2) is 24.3 Å². The first kappa shape index (κ1) is 14.5. The van der Waals surface area contributed by atoms with E-state index in [-0.39, 0.29) is 11.8 Å². The highest BCUT2D eigenvalue weighted by atomic mass is 16.5. The van der Waals surface area contributed by atoms with Crippen LogP contribution < -0.4 is 10.1 Å². The van der Waals surface area contributed by atoms with Crippen LogP contribution in [0.5, 0.6) is 5.75 Å². The molecule has 5 atom stereocenters. The second kappa shape index (κ2) is 5.25. The molecule has 3 fully saturated rings. The summed E-state index contributed by atoms with van der Waals surface area (Å²) >= 11 is 0. The Kier molecular flexibility index (Phi) is 3.32. The van der Waals surface area contributed by atoms with Crippen LogP contribution >= 0.6 is 0 Å². The Hall–Kier alpha value is -2.04. The molecule has 5 heteroatoms. The van der Waals surface area contributed by atoms with Crippen molar-refractivity contribution in [2.75, 3.05) is 7.11 Å². The fourth-order valence-corrected chi connectivity index (χ4v) is 5.00. The highest BCUT2D eigenvalue weighted by Crippen LogP contribution is 2.69. The molecule has 0 spiro atoms. The number of carboxylic acids is 1. The van der Waals surface area contributed by atoms with Crippen LogP contribution in [0.3, 0.4) is 0 Å². The van der Waals surface area contributed by atoms with E-state index in [1.807, 2.05) is 0 Å². The van der Waals surface area contributed by atoms with Crippen LogP contribution in [-0.4, -0.2) is 24.1 Å². The van der Waals surface area contributed by atoms with E-state index in [0.717, 1.165) is 0 Å². The molecule has 3 aliphatic carbocycles. The second-order valence-electron chi connectivity index (χ2n) is 7.07. The maximum Gasteiger partial charge on any atom is 0.330 e. The molecule has 3 saturated carbocycles. The first-order chi connectivity index (χ1) is 11.1. The first-order valence-corrected chi connectivity index (χ1v) is 8.27. The van der Waals surface area contributed by atoms with Crippen molar-refractivity contribution >= 4 is 11.9 Å². The summed E-state index contributed by atoms with van der Waals surface area (Å²) in [5.74, 6) is 2.02. The van der Waals surface area contributed by atoms with Crippen molar-refractivity contribution in [1.82, 2.24) is 5.32 Å². The molecule has 0 heterocycles. The summed E-state index contributed by atoms with van der Waals surface area (Å²) in [6.45, 7) is 0. The average Bonchev–Trinajstić information content (AvgIpc) is 3.00. The SMILES string of the molecule is COc1ccc(C(NC(=O)C2C3C4CCC(C4)C23)C(=O)O)cc1. The summed E-state index contributed by atoms with van der Waals surface area (Å²) in [4.78, 5) is 24.1. The fraction of sp³-hybridized carbons (Fsp3) is 0.556. The van der Waals surface area contributed by atoms with Crippen LogP contribution in [0.2, 0.25) is 0 Å². The minimum absolute atomic E-state index is 0.0429. The summed E-state index contributed by atoms with van der Waals surface area (Å²) in [6.07, 6.45) is 3.77. The Balaban J connectivity index is 1.46. The van der Waals surface area contributed by atoms with Crippen LogP contribution in [0, 0.1) is 29.6 Å². The van der Waals surface area contributed by atoms with Gasteiger partial charge >= 0.3 is 5.97 Å². The molecule has 5 unspecified atom stereocenters. The van der Waals surface area contributed by atoms with Crippen molar-refractivity contribution in [3.8, 4) is 5.75 Å². The molecule has 0 aliphatic heterocycles. The molecule has 122 valence electrons. The quantitative estimate of drug-likeness (QED) is 0.873. The Morgan fingerprint density at radius 2 is 1.78 bits per heavy atom. The number of rotatable bonds is 5. The van der Waals surface area contributed by atoms with Crippen molar-refractivity contribution in [1.29, 1.82) is 0 Å². The van der Waals surface area contributed by atoms with Crippen LogP contribution in [0.1, 0.15) is 30.9 Å². The third-order valence-electron chi connectivity index (χ3n) is 6.02. The molecule has 2 N–H and O–H groups in total. The number of methoxy groups -OCH3 is 1. The van der Waals surface area contributed by atoms with Gasteiger partial charge in [-0.1, -0.05) is 12.1 Å². The number of hydrogen-bond acceptors (Lipinski definition) is 3. The standard InChI is InChI=1S/C18H21NO4/c1-23-12-6-4-9(5-7-12)16(18(21)22)19-17(20)15-13-10-2-3-11(8-10)14(13)15/h4-7,10-11,13-16H,2-3,8H2,1H3,(H,19,20)(H,21,22). The van der Waals surface area contributed by atoms with E-state index in [2.05, 4.69) is 5.32 Å². The van der Waals surface area contributed by atoms with Gasteiger partial charge in [0.2, 0.25) is 5.91 Å². The lowest BCUT2D eigenvalue weighted by Gasteiger charge is -2.17. The van der Waals surface area contributed by atoms with Crippen LogP contribution in [-0.2, 0) is 9.59 Å². The maximum atomic E-state index is 12.5. The minimum Gasteiger partial charge on any atom is -0.497 e. The van der Waals surface area contributed by atoms with Crippen LogP contribution in [0.25, 0.3) is 0 Å². The Bertz CT molecular complexity index is 625. The Morgan fingerprint density at radius 3 is 2.30 bits per heavy atom. The molecular formula is C18H21NO4. The average molecular weight is 315 g/mol. The normalized spacial score (nSPS) is 34.6. The van der Waals surface area contributed by atoms with Crippen molar-refractivity contribution in [3.05, 3.63) is 29.8 Å². The van der Waals surface area contributed by atoms with Gasteiger partial charge in [0, 0.05) is 5.92 Å². The van der Waals surface area contributed by atoms with E-state index in [1.165, 1.54) is 19.3 Å². The lowest BCUT2D eigenvalue weighted by Crippen LogP contribution is -2.36. The molecule has 0 aromatic heterocycles. The van der Waals surface area contributed by atoms with E-state index in [1.54, 1.807) is 31.4 Å². The lowest BCUT2D eigenvalue weighted by molar-refractivity contribution is -0.142. The molecule has 1 amide bonds. The third kappa shape index (κ3) is 2.30. The number of benzene rings is 1. The number of hydrogen-bond donors (Lipinski definition) is 2. The van der Waals surface area contributed by atoms with Gasteiger partial charge in [-0.2, -0.15) is 0 Å². The first-order valence-electron chi connectivity index (χ1n) is 8.27. The largest absolute Gasteiger partial charge is 0.497 e. The highest BCUT2D eigenvalue weighted by Gasteiger charge is 2.67. The number of amides is 1. The summed E-state index contributed by atoms with van der Waals surface area (Å²) in [6, 6.07) is 5.81. The van der Waals surface area contributed by atoms with E-state index in [9.17, 15) is 14.7 Å². The van der Waals surface area contributed by atoms with E-state index >= 15 is 0 Å². The molecule has 1 aromatic rings. The molecule has 5 nitrogen and oxygen atoms in total. The molecule has 2 bridgehead atoms. The second-order valence-corrected chi connectivity index (χ2v) is 7.07. The van der Waals surface area contributed by atoms with Gasteiger partial charge in [-0.25, -0.2) is 4.79 Å². The fourth-order valence-electron chi connectivity index (χ4n) is 5.00. The third-order valence-corrected chi connectivity index (χ3v) is 6.02. The maximum absolute atomic E-state index is 12.5. The Morgan fingerprint density at radius 1 is 1.17 bits per heavy atom. The molecule has 3 aliphatic rings. The number of carboxylic acid groups (broad SMARTS) is 1. The van der Waals surface area contributed by atoms with Gasteiger partial charge in [0.1, 0.15) is 5.75 Å². The summed E-state index contributed by atoms with van der Waals surface area (Å²) in [7, 11) is 1.56. The van der Waals surface area contributed by atoms with Gasteiger partial charge in [-0.05, 0) is 60.6 Å². The number of aliphatic carboxylic acids is 1. The van der Waals surface area contributed by atoms with Crippen molar-refractivity contribution in [2.45, 2.75) is 25.3 Å². The number of nitrogens with one attached hydrogen (secondary N) is 1. The smallest absolute Gasteiger partial charge is 0.330 e. The predicted molar refractivity (Wildman–Crippen MR) is 82.8 cm³/mol. The highest BCUT2D eigenvalue weighted by molar-refractivity contribution is 5.88. The number of carbonyl (C=O) groups is 2. The van der Waals surface area contributed by atoms with Gasteiger partial charge in [-0.15, -0.1) is 0 Å². The Labute approximate surface area is 135 Å². The zero-order chi connectivity index (χ0) is 16.1. The van der Waals surface area contributed by atoms with Gasteiger partial charge in [0.15, 0.2) is 6.04 Å². The lowest BCUT2D eigenvalue weighted by atomic mass is 10.0. The number of fused-ring (bicyclic) bond motifs is 5. The van der Waals surface area contributed by atoms with Gasteiger partial charge in [0.25, 0.3) is 0 Å².